The molecule has 0 radical (unpaired) electrons. The van der Waals surface area contributed by atoms with Gasteiger partial charge in [0, 0.05) is 0 Å². The van der Waals surface area contributed by atoms with Gasteiger partial charge in [-0.15, -0.1) is 0 Å². The lowest BCUT2D eigenvalue weighted by Gasteiger charge is -1.99. The average molecular weight is 668 g/mol. The first kappa shape index (κ1) is 31.2. The molecule has 5 rings (SSSR count). The van der Waals surface area contributed by atoms with Gasteiger partial charge in [0.25, 0.3) is 0 Å². The van der Waals surface area contributed by atoms with Crippen molar-refractivity contribution in [3.8, 4) is 0 Å². The van der Waals surface area contributed by atoms with Gasteiger partial charge in [-0.25, -0.2) is 20.0 Å². The van der Waals surface area contributed by atoms with E-state index < -0.39 is 119 Å². The van der Waals surface area contributed by atoms with E-state index in [9.17, 15) is 80.9 Å². The van der Waals surface area contributed by atoms with E-state index in [1.165, 1.54) is 0 Å². The van der Waals surface area contributed by atoms with Crippen molar-refractivity contribution in [2.75, 3.05) is 0 Å². The number of nitro groups is 8. The molecule has 0 unspecified atom stereocenters. The van der Waals surface area contributed by atoms with E-state index in [-0.39, 0.29) is 11.4 Å². The van der Waals surface area contributed by atoms with Gasteiger partial charge >= 0.3 is 45.6 Å². The first-order chi connectivity index (χ1) is 22.5. The Kier molecular flexibility index (Phi) is 7.00. The fraction of sp³-hybridized carbons (Fsp3) is 0. The zero-order valence-electron chi connectivity index (χ0n) is 22.2. The van der Waals surface area contributed by atoms with Gasteiger partial charge in [0.15, 0.2) is 11.4 Å². The molecule has 0 saturated carbocycles. The first-order valence-electron chi connectivity index (χ1n) is 11.8. The minimum atomic E-state index is -2.05. The zero-order chi connectivity index (χ0) is 35.5. The molecule has 0 fully saturated rings. The van der Waals surface area contributed by atoms with Crippen molar-refractivity contribution < 1.29 is 39.4 Å². The van der Waals surface area contributed by atoms with Crippen molar-refractivity contribution in [1.82, 2.24) is 0 Å². The first-order valence-corrected chi connectivity index (χ1v) is 11.8. The SMILES string of the molecule is O=[N+]([O-])C1=C2N=C(C=C3C=CC(=N3)C=C3N=C(C([N+](=O)[O-])=C4N=C1C([N+](=O)[O-])=C4[N+](=O)[O-])C([N+](=O)[O-])=C3[N+](=O)[O-])C([N+](=O)[O-])=C2[N+](=O)[O-]. The van der Waals surface area contributed by atoms with Crippen molar-refractivity contribution in [1.29, 1.82) is 0 Å². The predicted molar refractivity (Wildman–Crippen MR) is 146 cm³/mol. The van der Waals surface area contributed by atoms with E-state index in [1.54, 1.807) is 0 Å². The third-order valence-corrected chi connectivity index (χ3v) is 6.35. The molecule has 0 aromatic carbocycles. The number of hydrogen-bond acceptors (Lipinski definition) is 20. The lowest BCUT2D eigenvalue weighted by Crippen LogP contribution is -2.22. The molecule has 0 aromatic rings. The van der Waals surface area contributed by atoms with E-state index in [4.69, 9.17) is 0 Å². The van der Waals surface area contributed by atoms with Crippen molar-refractivity contribution in [2.24, 2.45) is 20.0 Å². The largest absolute Gasteiger partial charge is 0.381 e. The third-order valence-electron chi connectivity index (χ3n) is 6.35. The van der Waals surface area contributed by atoms with Crippen LogP contribution in [0, 0.1) is 80.9 Å². The maximum absolute atomic E-state index is 12.4. The average Bonchev–Trinajstić information content (AvgIpc) is 3.72. The standard InChI is InChI=1S/C20H4N12O16/c33-25(34)13-7-3-5-1-2-6(21-5)4-8-14(26(35)36)18(30(43)44)10(23-8)16(28(39)40)12-20(32(47)48)19(31(45)46)11(24-12)15(27(37)38)9(22-7)17(13)29(41)42/h1-4H. The molecule has 48 heavy (non-hydrogen) atoms. The Balaban J connectivity index is 2.10. The van der Waals surface area contributed by atoms with Crippen molar-refractivity contribution in [3.63, 3.8) is 0 Å². The number of aliphatic imine (C=N–C) groups is 4. The molecule has 0 N–H and O–H groups in total. The Morgan fingerprint density at radius 3 is 1.29 bits per heavy atom. The summed E-state index contributed by atoms with van der Waals surface area (Å²) in [6.07, 6.45) is 3.39. The highest BCUT2D eigenvalue weighted by Gasteiger charge is 2.58. The van der Waals surface area contributed by atoms with Crippen LogP contribution in [-0.4, -0.2) is 62.2 Å². The lowest BCUT2D eigenvalue weighted by atomic mass is 10.1. The monoisotopic (exact) mass is 668 g/mol. The minimum Gasteiger partial charge on any atom is -0.258 e. The van der Waals surface area contributed by atoms with Crippen molar-refractivity contribution in [3.05, 3.63) is 174 Å². The van der Waals surface area contributed by atoms with Crippen LogP contribution in [-0.2, 0) is 0 Å². The molecule has 28 heteroatoms. The molecule has 0 saturated heterocycles. The van der Waals surface area contributed by atoms with Crippen LogP contribution in [0.1, 0.15) is 0 Å². The van der Waals surface area contributed by atoms with Crippen LogP contribution in [0.15, 0.2) is 113 Å². The minimum absolute atomic E-state index is 0.366. The van der Waals surface area contributed by atoms with Gasteiger partial charge in [0.05, 0.1) is 50.8 Å². The van der Waals surface area contributed by atoms with Gasteiger partial charge < -0.3 is 0 Å². The van der Waals surface area contributed by atoms with E-state index in [0.29, 0.717) is 12.2 Å². The maximum atomic E-state index is 12.4. The van der Waals surface area contributed by atoms with E-state index in [2.05, 4.69) is 20.0 Å². The molecule has 0 spiro atoms. The predicted octanol–water partition coefficient (Wildman–Crippen LogP) is 0.414. The molecular formula is C20H4N12O16. The smallest absolute Gasteiger partial charge is 0.258 e. The second-order valence-electron chi connectivity index (χ2n) is 8.93. The molecule has 5 aliphatic heterocycles. The fourth-order valence-corrected chi connectivity index (χ4v) is 4.68. The molecular weight excluding hydrogens is 664 g/mol. The normalized spacial score (nSPS) is 18.3. The summed E-state index contributed by atoms with van der Waals surface area (Å²) in [6.45, 7) is 0. The second-order valence-corrected chi connectivity index (χ2v) is 8.93. The Morgan fingerprint density at radius 2 is 0.812 bits per heavy atom. The molecule has 0 aromatic heterocycles. The molecule has 0 amide bonds. The van der Waals surface area contributed by atoms with Gasteiger partial charge in [-0.1, -0.05) is 0 Å². The van der Waals surface area contributed by atoms with E-state index in [1.807, 2.05) is 0 Å². The Labute approximate surface area is 256 Å². The maximum Gasteiger partial charge on any atom is 0.381 e. The fourth-order valence-electron chi connectivity index (χ4n) is 4.68. The highest BCUT2D eigenvalue weighted by atomic mass is 16.7. The number of fused-ring (bicyclic) bond motifs is 4. The van der Waals surface area contributed by atoms with Gasteiger partial charge in [-0.3, -0.25) is 80.9 Å². The summed E-state index contributed by atoms with van der Waals surface area (Å²) in [5, 5.41) is 97.0. The topological polar surface area (TPSA) is 395 Å². The highest BCUT2D eigenvalue weighted by molar-refractivity contribution is 6.19. The van der Waals surface area contributed by atoms with Crippen LogP contribution in [0.3, 0.4) is 0 Å². The van der Waals surface area contributed by atoms with Gasteiger partial charge in [0.1, 0.15) is 0 Å². The number of allylic oxidation sites excluding steroid dienone is 4. The summed E-state index contributed by atoms with van der Waals surface area (Å²) in [6, 6.07) is 0. The molecule has 0 aliphatic carbocycles. The highest BCUT2D eigenvalue weighted by Crippen LogP contribution is 2.40. The summed E-state index contributed by atoms with van der Waals surface area (Å²) < 4.78 is 0. The molecule has 0 atom stereocenters. The number of nitrogens with zero attached hydrogens (tertiary/aromatic N) is 12. The Bertz CT molecular complexity index is 2240. The van der Waals surface area contributed by atoms with Gasteiger partial charge in [-0.05, 0) is 24.3 Å². The molecule has 28 nitrogen and oxygen atoms in total. The molecule has 8 bridgehead atoms. The third kappa shape index (κ3) is 4.66. The van der Waals surface area contributed by atoms with Crippen molar-refractivity contribution in [2.45, 2.75) is 0 Å². The van der Waals surface area contributed by atoms with Gasteiger partial charge in [0.2, 0.25) is 22.8 Å². The molecule has 5 heterocycles. The van der Waals surface area contributed by atoms with Crippen LogP contribution >= 0.6 is 0 Å². The summed E-state index contributed by atoms with van der Waals surface area (Å²) in [4.78, 5) is 98.6. The summed E-state index contributed by atoms with van der Waals surface area (Å²) in [5.74, 6) is 0. The van der Waals surface area contributed by atoms with Crippen LogP contribution in [0.4, 0.5) is 0 Å². The van der Waals surface area contributed by atoms with Crippen LogP contribution in [0.25, 0.3) is 0 Å². The zero-order valence-corrected chi connectivity index (χ0v) is 22.2. The summed E-state index contributed by atoms with van der Waals surface area (Å²) >= 11 is 0. The van der Waals surface area contributed by atoms with Gasteiger partial charge in [-0.2, -0.15) is 0 Å². The van der Waals surface area contributed by atoms with Crippen LogP contribution in [0.2, 0.25) is 0 Å². The summed E-state index contributed by atoms with van der Waals surface area (Å²) in [7, 11) is 0. The van der Waals surface area contributed by atoms with Crippen LogP contribution < -0.4 is 0 Å². The van der Waals surface area contributed by atoms with E-state index >= 15 is 0 Å². The van der Waals surface area contributed by atoms with Crippen LogP contribution in [0.5, 0.6) is 0 Å². The Hall–Kier alpha value is -8.20. The Morgan fingerprint density at radius 1 is 0.396 bits per heavy atom. The lowest BCUT2D eigenvalue weighted by molar-refractivity contribution is -0.466. The summed E-state index contributed by atoms with van der Waals surface area (Å²) in [5.41, 5.74) is -24.3. The quantitative estimate of drug-likeness (QED) is 0.249. The number of rotatable bonds is 8. The van der Waals surface area contributed by atoms with Crippen molar-refractivity contribution >= 4 is 22.8 Å². The molecule has 240 valence electrons. The molecule has 5 aliphatic rings. The van der Waals surface area contributed by atoms with E-state index in [0.717, 1.165) is 12.2 Å². The number of hydrogen-bond donors (Lipinski definition) is 0. The second kappa shape index (κ2) is 10.8.